The van der Waals surface area contributed by atoms with Gasteiger partial charge in [0.25, 0.3) is 0 Å². The average molecular weight is 290 g/mol. The van der Waals surface area contributed by atoms with Crippen molar-refractivity contribution < 1.29 is 4.39 Å². The Morgan fingerprint density at radius 3 is 2.84 bits per heavy atom. The van der Waals surface area contributed by atoms with E-state index in [9.17, 15) is 9.65 Å². The maximum Gasteiger partial charge on any atom is 0.150 e. The number of benzene rings is 1. The molecule has 0 aliphatic rings. The lowest BCUT2D eigenvalue weighted by atomic mass is 10.1. The van der Waals surface area contributed by atoms with Crippen molar-refractivity contribution in [1.82, 2.24) is 9.97 Å². The number of pyridine rings is 1. The summed E-state index contributed by atoms with van der Waals surface area (Å²) in [7, 11) is 0. The van der Waals surface area contributed by atoms with Crippen LogP contribution in [0.4, 0.5) is 4.39 Å². The van der Waals surface area contributed by atoms with Gasteiger partial charge in [0.05, 0.1) is 11.1 Å². The lowest BCUT2D eigenvalue weighted by molar-refractivity contribution is 0.637. The van der Waals surface area contributed by atoms with E-state index in [-0.39, 0.29) is 10.5 Å². The predicted octanol–water partition coefficient (Wildman–Crippen LogP) is 4.02. The molecule has 0 atom stereocenters. The van der Waals surface area contributed by atoms with Crippen LogP contribution >= 0.6 is 22.9 Å². The molecule has 0 unspecified atom stereocenters. The number of hydrogen-bond acceptors (Lipinski definition) is 4. The fraction of sp³-hybridized carbons (Fsp3) is 0. The van der Waals surface area contributed by atoms with E-state index >= 15 is 0 Å². The second-order valence-electron chi connectivity index (χ2n) is 3.83. The van der Waals surface area contributed by atoms with Crippen LogP contribution in [0.1, 0.15) is 5.56 Å². The minimum absolute atomic E-state index is 0.186. The molecule has 0 aliphatic carbocycles. The summed E-state index contributed by atoms with van der Waals surface area (Å²) in [5, 5.41) is 11.7. The molecule has 1 aromatic carbocycles. The van der Waals surface area contributed by atoms with Gasteiger partial charge < -0.3 is 0 Å². The molecule has 19 heavy (non-hydrogen) atoms. The lowest BCUT2D eigenvalue weighted by Gasteiger charge is -2.05. The summed E-state index contributed by atoms with van der Waals surface area (Å²) in [5.41, 5.74) is 3.13. The van der Waals surface area contributed by atoms with E-state index in [0.29, 0.717) is 22.3 Å². The Morgan fingerprint density at radius 2 is 2.16 bits per heavy atom. The molecule has 0 bridgehead atoms. The standard InChI is InChI=1S/C13H5ClFN3S/c14-9-2-7-1-8(4-16)13(11-5-19-6-17-11)18-12(7)10(15)3-9/h1-3,5-6H. The highest BCUT2D eigenvalue weighted by Crippen LogP contribution is 2.28. The zero-order valence-electron chi connectivity index (χ0n) is 9.39. The molecule has 0 fully saturated rings. The molecular formula is C13H5ClFN3S. The molecule has 0 amide bonds. The van der Waals surface area contributed by atoms with Crippen LogP contribution in [0.3, 0.4) is 0 Å². The summed E-state index contributed by atoms with van der Waals surface area (Å²) in [6.07, 6.45) is 0. The first-order chi connectivity index (χ1) is 9.19. The van der Waals surface area contributed by atoms with Crippen LogP contribution in [0.5, 0.6) is 0 Å². The molecule has 2 aromatic heterocycles. The third-order valence-corrected chi connectivity index (χ3v) is 3.44. The Balaban J connectivity index is 2.38. The maximum absolute atomic E-state index is 13.9. The fourth-order valence-corrected chi connectivity index (χ4v) is 2.57. The zero-order chi connectivity index (χ0) is 13.4. The molecule has 0 radical (unpaired) electrons. The summed E-state index contributed by atoms with van der Waals surface area (Å²) in [6, 6.07) is 6.41. The SMILES string of the molecule is N#Cc1cc2cc(Cl)cc(F)c2nc1-c1cscn1. The molecule has 2 heterocycles. The van der Waals surface area contributed by atoms with Crippen molar-refractivity contribution in [2.24, 2.45) is 0 Å². The molecule has 92 valence electrons. The van der Waals surface area contributed by atoms with Crippen molar-refractivity contribution in [2.75, 3.05) is 0 Å². The van der Waals surface area contributed by atoms with E-state index in [2.05, 4.69) is 16.0 Å². The molecule has 0 saturated heterocycles. The van der Waals surface area contributed by atoms with Crippen LogP contribution in [0, 0.1) is 17.1 Å². The van der Waals surface area contributed by atoms with Crippen LogP contribution in [-0.2, 0) is 0 Å². The maximum atomic E-state index is 13.9. The normalized spacial score (nSPS) is 10.6. The number of thiazole rings is 1. The van der Waals surface area contributed by atoms with Gasteiger partial charge in [-0.05, 0) is 18.2 Å². The molecule has 0 spiro atoms. The molecule has 0 N–H and O–H groups in total. The number of rotatable bonds is 1. The quantitative estimate of drug-likeness (QED) is 0.680. The van der Waals surface area contributed by atoms with Crippen LogP contribution in [0.2, 0.25) is 5.02 Å². The van der Waals surface area contributed by atoms with Crippen molar-refractivity contribution in [3.8, 4) is 17.5 Å². The third-order valence-electron chi connectivity index (χ3n) is 2.63. The minimum atomic E-state index is -0.511. The Morgan fingerprint density at radius 1 is 1.32 bits per heavy atom. The number of nitriles is 1. The van der Waals surface area contributed by atoms with Gasteiger partial charge in [0.15, 0.2) is 5.82 Å². The molecular weight excluding hydrogens is 285 g/mol. The molecule has 0 aliphatic heterocycles. The van der Waals surface area contributed by atoms with Gasteiger partial charge in [0, 0.05) is 15.8 Å². The molecule has 3 nitrogen and oxygen atoms in total. The molecule has 3 rings (SSSR count). The van der Waals surface area contributed by atoms with Crippen LogP contribution in [0.25, 0.3) is 22.3 Å². The predicted molar refractivity (Wildman–Crippen MR) is 72.5 cm³/mol. The third kappa shape index (κ3) is 2.05. The molecule has 0 saturated carbocycles. The van der Waals surface area contributed by atoms with E-state index in [1.165, 1.54) is 17.4 Å². The van der Waals surface area contributed by atoms with Crippen molar-refractivity contribution in [2.45, 2.75) is 0 Å². The fourth-order valence-electron chi connectivity index (χ4n) is 1.82. The Bertz CT molecular complexity index is 809. The first-order valence-electron chi connectivity index (χ1n) is 5.27. The van der Waals surface area contributed by atoms with E-state index in [1.807, 2.05) is 0 Å². The second-order valence-corrected chi connectivity index (χ2v) is 4.98. The smallest absolute Gasteiger partial charge is 0.150 e. The van der Waals surface area contributed by atoms with Gasteiger partial charge in [-0.1, -0.05) is 11.6 Å². The first kappa shape index (κ1) is 12.0. The van der Waals surface area contributed by atoms with Crippen LogP contribution in [0.15, 0.2) is 29.1 Å². The summed E-state index contributed by atoms with van der Waals surface area (Å²) >= 11 is 7.19. The summed E-state index contributed by atoms with van der Waals surface area (Å²) < 4.78 is 13.9. The monoisotopic (exact) mass is 289 g/mol. The lowest BCUT2D eigenvalue weighted by Crippen LogP contribution is -1.93. The zero-order valence-corrected chi connectivity index (χ0v) is 11.0. The van der Waals surface area contributed by atoms with Gasteiger partial charge in [-0.15, -0.1) is 11.3 Å². The van der Waals surface area contributed by atoms with E-state index < -0.39 is 5.82 Å². The second kappa shape index (κ2) is 4.57. The average Bonchev–Trinajstić information content (AvgIpc) is 2.91. The molecule has 6 heteroatoms. The van der Waals surface area contributed by atoms with Gasteiger partial charge in [0.2, 0.25) is 0 Å². The number of hydrogen-bond donors (Lipinski definition) is 0. The molecule has 3 aromatic rings. The highest BCUT2D eigenvalue weighted by atomic mass is 35.5. The number of halogens is 2. The Kier molecular flexibility index (Phi) is 2.90. The van der Waals surface area contributed by atoms with E-state index in [0.717, 1.165) is 0 Å². The number of aromatic nitrogens is 2. The van der Waals surface area contributed by atoms with Gasteiger partial charge in [-0.3, -0.25) is 0 Å². The minimum Gasteiger partial charge on any atom is -0.243 e. The Labute approximate surface area is 116 Å². The van der Waals surface area contributed by atoms with Gasteiger partial charge in [0.1, 0.15) is 23.0 Å². The van der Waals surface area contributed by atoms with Gasteiger partial charge in [-0.2, -0.15) is 5.26 Å². The summed E-state index contributed by atoms with van der Waals surface area (Å²) in [5.74, 6) is -0.511. The van der Waals surface area contributed by atoms with E-state index in [4.69, 9.17) is 11.6 Å². The number of nitrogens with zero attached hydrogens (tertiary/aromatic N) is 3. The van der Waals surface area contributed by atoms with Crippen LogP contribution in [-0.4, -0.2) is 9.97 Å². The largest absolute Gasteiger partial charge is 0.243 e. The Hall–Kier alpha value is -2.03. The highest BCUT2D eigenvalue weighted by molar-refractivity contribution is 7.07. The van der Waals surface area contributed by atoms with Crippen molar-refractivity contribution in [3.63, 3.8) is 0 Å². The van der Waals surface area contributed by atoms with Crippen LogP contribution < -0.4 is 0 Å². The number of fused-ring (bicyclic) bond motifs is 1. The van der Waals surface area contributed by atoms with E-state index in [1.54, 1.807) is 23.0 Å². The van der Waals surface area contributed by atoms with Crippen molar-refractivity contribution >= 4 is 33.8 Å². The van der Waals surface area contributed by atoms with Crippen molar-refractivity contribution in [3.05, 3.63) is 45.5 Å². The van der Waals surface area contributed by atoms with Gasteiger partial charge >= 0.3 is 0 Å². The first-order valence-corrected chi connectivity index (χ1v) is 6.59. The topological polar surface area (TPSA) is 49.6 Å². The van der Waals surface area contributed by atoms with Crippen molar-refractivity contribution in [1.29, 1.82) is 5.26 Å². The highest BCUT2D eigenvalue weighted by Gasteiger charge is 2.13. The van der Waals surface area contributed by atoms with Gasteiger partial charge in [-0.25, -0.2) is 14.4 Å². The summed E-state index contributed by atoms with van der Waals surface area (Å²) in [6.45, 7) is 0. The summed E-state index contributed by atoms with van der Waals surface area (Å²) in [4.78, 5) is 8.32.